The molecule has 3 aromatic rings. The maximum atomic E-state index is 12.4. The van der Waals surface area contributed by atoms with Crippen LogP contribution in [-0.2, 0) is 5.60 Å². The first-order valence-electron chi connectivity index (χ1n) is 7.04. The molecular weight excluding hydrogens is 369 g/mol. The first kappa shape index (κ1) is 17.0. The normalized spacial score (nSPS) is 13.5. The average molecular weight is 382 g/mol. The van der Waals surface area contributed by atoms with E-state index in [2.05, 4.69) is 5.32 Å². The SMILES string of the molecule is O=C(NCC(O)(c1ccco1)c1cccs1)c1cc(Cl)ccc1Cl. The monoisotopic (exact) mass is 381 g/mol. The van der Waals surface area contributed by atoms with Crippen molar-refractivity contribution in [1.29, 1.82) is 0 Å². The quantitative estimate of drug-likeness (QED) is 0.691. The van der Waals surface area contributed by atoms with Gasteiger partial charge in [-0.1, -0.05) is 29.3 Å². The molecule has 0 bridgehead atoms. The summed E-state index contributed by atoms with van der Waals surface area (Å²) in [6.07, 6.45) is 1.48. The van der Waals surface area contributed by atoms with Crippen molar-refractivity contribution in [2.75, 3.05) is 6.54 Å². The van der Waals surface area contributed by atoms with E-state index in [1.54, 1.807) is 30.3 Å². The topological polar surface area (TPSA) is 62.5 Å². The molecule has 0 aliphatic rings. The van der Waals surface area contributed by atoms with E-state index in [4.69, 9.17) is 27.6 Å². The predicted octanol–water partition coefficient (Wildman–Crippen LogP) is 4.31. The second-order valence-electron chi connectivity index (χ2n) is 5.12. The Morgan fingerprint density at radius 1 is 1.25 bits per heavy atom. The van der Waals surface area contributed by atoms with Gasteiger partial charge in [-0.3, -0.25) is 4.79 Å². The Morgan fingerprint density at radius 2 is 2.08 bits per heavy atom. The number of benzene rings is 1. The minimum atomic E-state index is -1.46. The van der Waals surface area contributed by atoms with E-state index in [0.717, 1.165) is 0 Å². The molecule has 4 nitrogen and oxygen atoms in total. The van der Waals surface area contributed by atoms with Gasteiger partial charge in [0.1, 0.15) is 5.76 Å². The van der Waals surface area contributed by atoms with E-state index in [-0.39, 0.29) is 17.1 Å². The lowest BCUT2D eigenvalue weighted by Crippen LogP contribution is -2.41. The Bertz CT molecular complexity index is 797. The molecule has 7 heteroatoms. The summed E-state index contributed by atoms with van der Waals surface area (Å²) in [6.45, 7) is -0.0668. The Kier molecular flexibility index (Phi) is 4.96. The molecule has 0 aliphatic carbocycles. The second kappa shape index (κ2) is 6.99. The zero-order valence-electron chi connectivity index (χ0n) is 12.3. The molecule has 0 fully saturated rings. The van der Waals surface area contributed by atoms with E-state index in [0.29, 0.717) is 15.7 Å². The molecule has 3 rings (SSSR count). The number of thiophene rings is 1. The summed E-state index contributed by atoms with van der Waals surface area (Å²) in [5, 5.41) is 16.3. The van der Waals surface area contributed by atoms with Gasteiger partial charge in [0.15, 0.2) is 5.60 Å². The van der Waals surface area contributed by atoms with Crippen LogP contribution in [0, 0.1) is 0 Å². The lowest BCUT2D eigenvalue weighted by atomic mass is 9.98. The predicted molar refractivity (Wildman–Crippen MR) is 94.8 cm³/mol. The summed E-state index contributed by atoms with van der Waals surface area (Å²) >= 11 is 13.3. The van der Waals surface area contributed by atoms with Crippen LogP contribution in [0.3, 0.4) is 0 Å². The highest BCUT2D eigenvalue weighted by atomic mass is 35.5. The largest absolute Gasteiger partial charge is 0.466 e. The molecule has 0 saturated carbocycles. The van der Waals surface area contributed by atoms with Gasteiger partial charge in [-0.25, -0.2) is 0 Å². The number of carbonyl (C=O) groups excluding carboxylic acids is 1. The molecule has 1 atom stereocenters. The number of nitrogens with one attached hydrogen (secondary N) is 1. The number of rotatable bonds is 5. The molecule has 1 unspecified atom stereocenters. The van der Waals surface area contributed by atoms with Gasteiger partial charge in [-0.05, 0) is 41.8 Å². The Labute approximate surface area is 152 Å². The number of amides is 1. The third-order valence-electron chi connectivity index (χ3n) is 3.54. The summed E-state index contributed by atoms with van der Waals surface area (Å²) in [6, 6.07) is 11.6. The standard InChI is InChI=1S/C17H13Cl2NO3S/c18-11-5-6-13(19)12(9-11)16(21)20-10-17(22,14-3-1-7-23-14)15-4-2-8-24-15/h1-9,22H,10H2,(H,20,21). The number of halogens is 2. The summed E-state index contributed by atoms with van der Waals surface area (Å²) in [7, 11) is 0. The van der Waals surface area contributed by atoms with Gasteiger partial charge in [0.2, 0.25) is 0 Å². The highest BCUT2D eigenvalue weighted by Crippen LogP contribution is 2.33. The minimum Gasteiger partial charge on any atom is -0.466 e. The Balaban J connectivity index is 1.85. The summed E-state index contributed by atoms with van der Waals surface area (Å²) in [4.78, 5) is 13.1. The van der Waals surface area contributed by atoms with E-state index >= 15 is 0 Å². The molecule has 0 saturated heterocycles. The maximum absolute atomic E-state index is 12.4. The number of furan rings is 1. The number of aliphatic hydroxyl groups is 1. The Morgan fingerprint density at radius 3 is 2.75 bits per heavy atom. The smallest absolute Gasteiger partial charge is 0.252 e. The van der Waals surface area contributed by atoms with E-state index in [1.165, 1.54) is 23.7 Å². The van der Waals surface area contributed by atoms with Crippen LogP contribution in [0.1, 0.15) is 21.0 Å². The lowest BCUT2D eigenvalue weighted by Gasteiger charge is -2.25. The van der Waals surface area contributed by atoms with Gasteiger partial charge in [0.05, 0.1) is 23.4 Å². The average Bonchev–Trinajstić information content (AvgIpc) is 3.28. The van der Waals surface area contributed by atoms with Crippen molar-refractivity contribution in [2.45, 2.75) is 5.60 Å². The van der Waals surface area contributed by atoms with Crippen molar-refractivity contribution < 1.29 is 14.3 Å². The third-order valence-corrected chi connectivity index (χ3v) is 5.12. The minimum absolute atomic E-state index is 0.0668. The van der Waals surface area contributed by atoms with Gasteiger partial charge >= 0.3 is 0 Å². The van der Waals surface area contributed by atoms with Crippen LogP contribution < -0.4 is 5.32 Å². The number of hydrogen-bond donors (Lipinski definition) is 2. The molecule has 1 amide bonds. The van der Waals surface area contributed by atoms with Gasteiger partial charge in [-0.15, -0.1) is 11.3 Å². The molecule has 124 valence electrons. The first-order chi connectivity index (χ1) is 11.5. The molecular formula is C17H13Cl2NO3S. The van der Waals surface area contributed by atoms with Crippen molar-refractivity contribution in [1.82, 2.24) is 5.32 Å². The van der Waals surface area contributed by atoms with Crippen LogP contribution in [-0.4, -0.2) is 17.6 Å². The fraction of sp³-hybridized carbons (Fsp3) is 0.118. The van der Waals surface area contributed by atoms with Crippen molar-refractivity contribution >= 4 is 40.4 Å². The molecule has 2 N–H and O–H groups in total. The second-order valence-corrected chi connectivity index (χ2v) is 6.91. The van der Waals surface area contributed by atoms with E-state index in [1.807, 2.05) is 11.4 Å². The van der Waals surface area contributed by atoms with Crippen molar-refractivity contribution in [2.24, 2.45) is 0 Å². The van der Waals surface area contributed by atoms with Crippen LogP contribution in [0.25, 0.3) is 0 Å². The highest BCUT2D eigenvalue weighted by Gasteiger charge is 2.36. The first-order valence-corrected chi connectivity index (χ1v) is 8.68. The van der Waals surface area contributed by atoms with E-state index < -0.39 is 11.5 Å². The van der Waals surface area contributed by atoms with Gasteiger partial charge < -0.3 is 14.8 Å². The zero-order valence-corrected chi connectivity index (χ0v) is 14.7. The number of hydrogen-bond acceptors (Lipinski definition) is 4. The summed E-state index contributed by atoms with van der Waals surface area (Å²) in [5.74, 6) is -0.0773. The van der Waals surface area contributed by atoms with Crippen LogP contribution in [0.2, 0.25) is 10.0 Å². The summed E-state index contributed by atoms with van der Waals surface area (Å²) in [5.41, 5.74) is -1.21. The lowest BCUT2D eigenvalue weighted by molar-refractivity contribution is 0.0554. The van der Waals surface area contributed by atoms with Gasteiger partial charge in [-0.2, -0.15) is 0 Å². The van der Waals surface area contributed by atoms with Crippen LogP contribution in [0.5, 0.6) is 0 Å². The van der Waals surface area contributed by atoms with Crippen LogP contribution >= 0.6 is 34.5 Å². The summed E-state index contributed by atoms with van der Waals surface area (Å²) < 4.78 is 5.36. The molecule has 0 spiro atoms. The Hall–Kier alpha value is -1.79. The molecule has 2 heterocycles. The molecule has 24 heavy (non-hydrogen) atoms. The fourth-order valence-corrected chi connectivity index (χ4v) is 3.50. The third kappa shape index (κ3) is 3.35. The van der Waals surface area contributed by atoms with Gasteiger partial charge in [0.25, 0.3) is 5.91 Å². The molecule has 0 radical (unpaired) electrons. The van der Waals surface area contributed by atoms with E-state index in [9.17, 15) is 9.90 Å². The molecule has 0 aliphatic heterocycles. The fourth-order valence-electron chi connectivity index (χ4n) is 2.30. The number of carbonyl (C=O) groups is 1. The van der Waals surface area contributed by atoms with Gasteiger partial charge in [0, 0.05) is 9.90 Å². The van der Waals surface area contributed by atoms with Crippen molar-refractivity contribution in [3.63, 3.8) is 0 Å². The van der Waals surface area contributed by atoms with Crippen LogP contribution in [0.4, 0.5) is 0 Å². The molecule has 1 aromatic carbocycles. The maximum Gasteiger partial charge on any atom is 0.252 e. The zero-order chi connectivity index (χ0) is 17.2. The van der Waals surface area contributed by atoms with Crippen molar-refractivity contribution in [3.8, 4) is 0 Å². The highest BCUT2D eigenvalue weighted by molar-refractivity contribution is 7.10. The van der Waals surface area contributed by atoms with Crippen LogP contribution in [0.15, 0.2) is 58.5 Å². The molecule has 2 aromatic heterocycles. The van der Waals surface area contributed by atoms with Crippen molar-refractivity contribution in [3.05, 3.63) is 80.4 Å².